The third kappa shape index (κ3) is 3.83. The molecule has 0 atom stereocenters. The molecule has 0 spiro atoms. The maximum atomic E-state index is 4.65. The van der Waals surface area contributed by atoms with E-state index < -0.39 is 0 Å². The summed E-state index contributed by atoms with van der Waals surface area (Å²) in [6, 6.07) is 16.6. The lowest BCUT2D eigenvalue weighted by molar-refractivity contribution is 0.981. The summed E-state index contributed by atoms with van der Waals surface area (Å²) in [7, 11) is 0. The van der Waals surface area contributed by atoms with Gasteiger partial charge in [-0.25, -0.2) is 4.98 Å². The van der Waals surface area contributed by atoms with Crippen LogP contribution in [0.4, 0.5) is 17.5 Å². The van der Waals surface area contributed by atoms with Gasteiger partial charge >= 0.3 is 0 Å². The van der Waals surface area contributed by atoms with Gasteiger partial charge in [-0.3, -0.25) is 0 Å². The van der Waals surface area contributed by atoms with Crippen molar-refractivity contribution < 1.29 is 0 Å². The molecule has 0 radical (unpaired) electrons. The Bertz CT molecular complexity index is 1090. The minimum atomic E-state index is 0.647. The minimum absolute atomic E-state index is 0.647. The van der Waals surface area contributed by atoms with Crippen molar-refractivity contribution in [2.45, 2.75) is 27.2 Å². The van der Waals surface area contributed by atoms with Gasteiger partial charge in [-0.1, -0.05) is 36.4 Å². The smallest absolute Gasteiger partial charge is 0.224 e. The Balaban J connectivity index is 1.46. The highest BCUT2D eigenvalue weighted by molar-refractivity contribution is 5.83. The van der Waals surface area contributed by atoms with E-state index in [1.54, 1.807) is 0 Å². The van der Waals surface area contributed by atoms with Crippen LogP contribution in [0.3, 0.4) is 0 Å². The van der Waals surface area contributed by atoms with Gasteiger partial charge in [-0.2, -0.15) is 4.98 Å². The van der Waals surface area contributed by atoms with E-state index in [2.05, 4.69) is 82.0 Å². The van der Waals surface area contributed by atoms with Gasteiger partial charge in [0.25, 0.3) is 0 Å². The van der Waals surface area contributed by atoms with E-state index in [9.17, 15) is 0 Å². The van der Waals surface area contributed by atoms with Crippen LogP contribution in [0.5, 0.6) is 0 Å². The molecular weight excluding hydrogens is 346 g/mol. The number of nitrogens with zero attached hydrogens (tertiary/aromatic N) is 2. The van der Waals surface area contributed by atoms with E-state index in [4.69, 9.17) is 0 Å². The van der Waals surface area contributed by atoms with Gasteiger partial charge in [0.05, 0.1) is 0 Å². The molecule has 0 aliphatic rings. The monoisotopic (exact) mass is 371 g/mol. The first-order valence-corrected chi connectivity index (χ1v) is 9.58. The molecule has 0 amide bonds. The average molecular weight is 371 g/mol. The summed E-state index contributed by atoms with van der Waals surface area (Å²) in [5, 5.41) is 8.09. The molecule has 5 heteroatoms. The topological polar surface area (TPSA) is 65.6 Å². The Labute approximate surface area is 165 Å². The van der Waals surface area contributed by atoms with Crippen molar-refractivity contribution in [3.8, 4) is 0 Å². The second-order valence-corrected chi connectivity index (χ2v) is 7.15. The molecule has 0 unspecified atom stereocenters. The van der Waals surface area contributed by atoms with E-state index in [0.717, 1.165) is 30.2 Å². The van der Waals surface area contributed by atoms with Crippen molar-refractivity contribution in [1.29, 1.82) is 0 Å². The molecule has 2 heterocycles. The van der Waals surface area contributed by atoms with Crippen LogP contribution in [-0.4, -0.2) is 21.5 Å². The first kappa shape index (κ1) is 18.0. The maximum Gasteiger partial charge on any atom is 0.224 e. The van der Waals surface area contributed by atoms with Gasteiger partial charge in [0.2, 0.25) is 5.95 Å². The summed E-state index contributed by atoms with van der Waals surface area (Å²) >= 11 is 0. The van der Waals surface area contributed by atoms with Crippen LogP contribution >= 0.6 is 0 Å². The molecule has 0 fully saturated rings. The Morgan fingerprint density at radius 3 is 2.54 bits per heavy atom. The fourth-order valence-electron chi connectivity index (χ4n) is 3.50. The second kappa shape index (κ2) is 7.72. The average Bonchev–Trinajstić information content (AvgIpc) is 3.08. The summed E-state index contributed by atoms with van der Waals surface area (Å²) in [5.41, 5.74) is 6.90. The number of aryl methyl sites for hydroxylation is 3. The summed E-state index contributed by atoms with van der Waals surface area (Å²) in [6.45, 7) is 6.96. The van der Waals surface area contributed by atoms with Crippen molar-refractivity contribution in [2.24, 2.45) is 0 Å². The third-order valence-corrected chi connectivity index (χ3v) is 4.94. The van der Waals surface area contributed by atoms with Crippen LogP contribution in [-0.2, 0) is 6.42 Å². The van der Waals surface area contributed by atoms with Crippen LogP contribution in [0, 0.1) is 20.8 Å². The largest absolute Gasteiger partial charge is 0.361 e. The summed E-state index contributed by atoms with van der Waals surface area (Å²) < 4.78 is 0. The number of anilines is 3. The highest BCUT2D eigenvalue weighted by atomic mass is 15.1. The minimum Gasteiger partial charge on any atom is -0.361 e. The van der Waals surface area contributed by atoms with Gasteiger partial charge < -0.3 is 15.6 Å². The normalized spacial score (nSPS) is 11.0. The standard InChI is InChI=1S/C23H25N5/c1-15-7-6-8-16(2)22(15)27-21-13-17(3)26-23(28-21)24-12-11-18-14-25-20-10-5-4-9-19(18)20/h4-10,13-14,25H,11-12H2,1-3H3,(H2,24,26,27,28). The molecule has 0 saturated heterocycles. The lowest BCUT2D eigenvalue weighted by Crippen LogP contribution is -2.10. The molecule has 4 rings (SSSR count). The molecule has 4 aromatic rings. The van der Waals surface area contributed by atoms with Gasteiger partial charge in [0.15, 0.2) is 0 Å². The van der Waals surface area contributed by atoms with E-state index in [-0.39, 0.29) is 0 Å². The molecule has 0 aliphatic carbocycles. The van der Waals surface area contributed by atoms with Crippen molar-refractivity contribution in [2.75, 3.05) is 17.2 Å². The molecule has 2 aromatic heterocycles. The van der Waals surface area contributed by atoms with Crippen molar-refractivity contribution in [3.05, 3.63) is 77.1 Å². The Hall–Kier alpha value is -3.34. The van der Waals surface area contributed by atoms with E-state index in [1.165, 1.54) is 27.6 Å². The van der Waals surface area contributed by atoms with Gasteiger partial charge in [-0.05, 0) is 49.9 Å². The van der Waals surface area contributed by atoms with Crippen LogP contribution < -0.4 is 10.6 Å². The number of aromatic nitrogens is 3. The lowest BCUT2D eigenvalue weighted by Gasteiger charge is -2.13. The Morgan fingerprint density at radius 1 is 0.929 bits per heavy atom. The fourth-order valence-corrected chi connectivity index (χ4v) is 3.50. The van der Waals surface area contributed by atoms with E-state index >= 15 is 0 Å². The number of aromatic amines is 1. The second-order valence-electron chi connectivity index (χ2n) is 7.15. The van der Waals surface area contributed by atoms with Crippen molar-refractivity contribution >= 4 is 28.4 Å². The molecule has 3 N–H and O–H groups in total. The predicted molar refractivity (Wildman–Crippen MR) is 116 cm³/mol. The molecule has 0 bridgehead atoms. The zero-order valence-corrected chi connectivity index (χ0v) is 16.5. The molecule has 2 aromatic carbocycles. The SMILES string of the molecule is Cc1cc(Nc2c(C)cccc2C)nc(NCCc2c[nH]c3ccccc23)n1. The summed E-state index contributed by atoms with van der Waals surface area (Å²) in [4.78, 5) is 12.5. The first-order chi connectivity index (χ1) is 13.6. The van der Waals surface area contributed by atoms with Crippen LogP contribution in [0.2, 0.25) is 0 Å². The van der Waals surface area contributed by atoms with Gasteiger partial charge in [0.1, 0.15) is 5.82 Å². The van der Waals surface area contributed by atoms with Crippen molar-refractivity contribution in [1.82, 2.24) is 15.0 Å². The molecule has 5 nitrogen and oxygen atoms in total. The highest BCUT2D eigenvalue weighted by Gasteiger charge is 2.07. The molecule has 0 aliphatic heterocycles. The number of para-hydroxylation sites is 2. The van der Waals surface area contributed by atoms with Crippen LogP contribution in [0.1, 0.15) is 22.4 Å². The molecule has 142 valence electrons. The van der Waals surface area contributed by atoms with E-state index in [1.807, 2.05) is 19.1 Å². The van der Waals surface area contributed by atoms with Gasteiger partial charge in [0, 0.05) is 41.1 Å². The zero-order chi connectivity index (χ0) is 19.5. The number of benzene rings is 2. The third-order valence-electron chi connectivity index (χ3n) is 4.94. The van der Waals surface area contributed by atoms with Crippen LogP contribution in [0.15, 0.2) is 54.7 Å². The number of H-pyrrole nitrogens is 1. The molecule has 0 saturated carbocycles. The predicted octanol–water partition coefficient (Wildman–Crippen LogP) is 5.28. The number of hydrogen-bond acceptors (Lipinski definition) is 4. The summed E-state index contributed by atoms with van der Waals surface area (Å²) in [6.07, 6.45) is 2.98. The van der Waals surface area contributed by atoms with Crippen LogP contribution in [0.25, 0.3) is 10.9 Å². The number of nitrogens with one attached hydrogen (secondary N) is 3. The van der Waals surface area contributed by atoms with Gasteiger partial charge in [-0.15, -0.1) is 0 Å². The summed E-state index contributed by atoms with van der Waals surface area (Å²) in [5.74, 6) is 1.45. The quantitative estimate of drug-likeness (QED) is 0.431. The Morgan fingerprint density at radius 2 is 1.71 bits per heavy atom. The number of rotatable bonds is 6. The highest BCUT2D eigenvalue weighted by Crippen LogP contribution is 2.24. The molecular formula is C23H25N5. The zero-order valence-electron chi connectivity index (χ0n) is 16.5. The maximum absolute atomic E-state index is 4.65. The number of hydrogen-bond donors (Lipinski definition) is 3. The number of fused-ring (bicyclic) bond motifs is 1. The lowest BCUT2D eigenvalue weighted by atomic mass is 10.1. The molecule has 28 heavy (non-hydrogen) atoms. The first-order valence-electron chi connectivity index (χ1n) is 9.58. The van der Waals surface area contributed by atoms with Crippen molar-refractivity contribution in [3.63, 3.8) is 0 Å². The Kier molecular flexibility index (Phi) is 4.98. The fraction of sp³-hybridized carbons (Fsp3) is 0.217. The van der Waals surface area contributed by atoms with E-state index in [0.29, 0.717) is 5.95 Å².